The minimum Gasteiger partial charge on any atom is -0.493 e. The van der Waals surface area contributed by atoms with Gasteiger partial charge in [0.15, 0.2) is 18.1 Å². The SMILES string of the molecule is COc1cc(/C=N/N2C(=O)c3cccc4c([N+](=O)[O-])ccc(c34)C2=O)ccc1OCC(=O)N1CC(C)OC(C)C1. The third-order valence-electron chi connectivity index (χ3n) is 6.69. The van der Waals surface area contributed by atoms with Crippen molar-refractivity contribution in [3.63, 3.8) is 0 Å². The molecule has 0 N–H and O–H groups in total. The van der Waals surface area contributed by atoms with Gasteiger partial charge in [-0.2, -0.15) is 10.1 Å². The molecule has 1 saturated heterocycles. The Morgan fingerprint density at radius 1 is 1.07 bits per heavy atom. The molecule has 5 rings (SSSR count). The number of hydrazone groups is 1. The van der Waals surface area contributed by atoms with Crippen molar-refractivity contribution in [2.45, 2.75) is 26.1 Å². The molecule has 0 bridgehead atoms. The van der Waals surface area contributed by atoms with E-state index < -0.39 is 16.7 Å². The first kappa shape index (κ1) is 26.8. The standard InChI is InChI=1S/C28H26N4O8/c1-16-13-30(14-17(2)40-16)25(33)15-39-23-10-7-18(11-24(23)38-3)12-29-31-27(34)20-6-4-5-19-22(32(36)37)9-8-21(26(19)20)28(31)35/h4-12,16-17H,13-15H2,1-3H3/b29-12+. The van der Waals surface area contributed by atoms with Crippen molar-refractivity contribution in [2.75, 3.05) is 26.8 Å². The number of morpholine rings is 1. The predicted molar refractivity (Wildman–Crippen MR) is 144 cm³/mol. The van der Waals surface area contributed by atoms with E-state index in [1.54, 1.807) is 23.1 Å². The number of nitro benzene ring substituents is 1. The lowest BCUT2D eigenvalue weighted by Gasteiger charge is -2.35. The fourth-order valence-electron chi connectivity index (χ4n) is 4.95. The van der Waals surface area contributed by atoms with Crippen LogP contribution in [0.3, 0.4) is 0 Å². The number of non-ortho nitro benzene ring substituents is 1. The van der Waals surface area contributed by atoms with Gasteiger partial charge >= 0.3 is 0 Å². The number of nitrogens with zero attached hydrogens (tertiary/aromatic N) is 4. The average Bonchev–Trinajstić information content (AvgIpc) is 2.93. The molecule has 0 aromatic heterocycles. The first-order valence-electron chi connectivity index (χ1n) is 12.5. The first-order valence-corrected chi connectivity index (χ1v) is 12.5. The van der Waals surface area contributed by atoms with E-state index in [9.17, 15) is 24.5 Å². The molecule has 3 aromatic rings. The molecule has 3 amide bonds. The maximum absolute atomic E-state index is 13.1. The van der Waals surface area contributed by atoms with Crippen LogP contribution in [0.25, 0.3) is 10.8 Å². The lowest BCUT2D eigenvalue weighted by Crippen LogP contribution is -2.49. The zero-order valence-electron chi connectivity index (χ0n) is 22.0. The van der Waals surface area contributed by atoms with Gasteiger partial charge in [0.1, 0.15) is 0 Å². The third kappa shape index (κ3) is 4.96. The van der Waals surface area contributed by atoms with Crippen molar-refractivity contribution < 1.29 is 33.5 Å². The lowest BCUT2D eigenvalue weighted by molar-refractivity contribution is -0.383. The highest BCUT2D eigenvalue weighted by atomic mass is 16.6. The summed E-state index contributed by atoms with van der Waals surface area (Å²) in [6.07, 6.45) is 1.21. The minimum absolute atomic E-state index is 0.0561. The van der Waals surface area contributed by atoms with E-state index in [0.717, 1.165) is 5.01 Å². The first-order chi connectivity index (χ1) is 19.2. The summed E-state index contributed by atoms with van der Waals surface area (Å²) in [6, 6.07) is 11.9. The Morgan fingerprint density at radius 3 is 2.45 bits per heavy atom. The zero-order valence-corrected chi connectivity index (χ0v) is 22.0. The number of methoxy groups -OCH3 is 1. The molecule has 40 heavy (non-hydrogen) atoms. The molecule has 2 heterocycles. The molecule has 2 atom stereocenters. The predicted octanol–water partition coefficient (Wildman–Crippen LogP) is 3.40. The molecule has 2 aliphatic rings. The summed E-state index contributed by atoms with van der Waals surface area (Å²) in [5.41, 5.74) is 0.592. The molecule has 0 saturated carbocycles. The monoisotopic (exact) mass is 546 g/mol. The fraction of sp³-hybridized carbons (Fsp3) is 0.286. The van der Waals surface area contributed by atoms with Crippen molar-refractivity contribution in [3.05, 3.63) is 75.3 Å². The van der Waals surface area contributed by atoms with Gasteiger partial charge in [0.05, 0.1) is 47.0 Å². The van der Waals surface area contributed by atoms with Crippen LogP contribution in [-0.4, -0.2) is 77.8 Å². The molecule has 0 radical (unpaired) electrons. The number of benzene rings is 3. The highest BCUT2D eigenvalue weighted by molar-refractivity contribution is 6.26. The number of amides is 3. The minimum atomic E-state index is -0.697. The second-order valence-electron chi connectivity index (χ2n) is 9.54. The van der Waals surface area contributed by atoms with Crippen molar-refractivity contribution in [2.24, 2.45) is 5.10 Å². The Morgan fingerprint density at radius 2 is 1.77 bits per heavy atom. The fourth-order valence-corrected chi connectivity index (χ4v) is 4.95. The van der Waals surface area contributed by atoms with Crippen LogP contribution in [0.4, 0.5) is 5.69 Å². The highest BCUT2D eigenvalue weighted by Crippen LogP contribution is 2.35. The van der Waals surface area contributed by atoms with Crippen LogP contribution in [-0.2, 0) is 9.53 Å². The molecule has 3 aromatic carbocycles. The van der Waals surface area contributed by atoms with E-state index in [-0.39, 0.29) is 52.3 Å². The molecule has 1 fully saturated rings. The third-order valence-corrected chi connectivity index (χ3v) is 6.69. The molecular formula is C28H26N4O8. The smallest absolute Gasteiger partial charge is 0.282 e. The Kier molecular flexibility index (Phi) is 7.18. The maximum atomic E-state index is 13.1. The summed E-state index contributed by atoms with van der Waals surface area (Å²) in [7, 11) is 1.45. The van der Waals surface area contributed by atoms with Crippen LogP contribution < -0.4 is 9.47 Å². The molecule has 2 aliphatic heterocycles. The molecular weight excluding hydrogens is 520 g/mol. The number of imide groups is 1. The summed E-state index contributed by atoms with van der Waals surface area (Å²) in [6.45, 7) is 4.63. The van der Waals surface area contributed by atoms with Gasteiger partial charge < -0.3 is 19.1 Å². The van der Waals surface area contributed by atoms with Crippen LogP contribution >= 0.6 is 0 Å². The van der Waals surface area contributed by atoms with E-state index >= 15 is 0 Å². The number of ether oxygens (including phenoxy) is 3. The van der Waals surface area contributed by atoms with E-state index in [1.807, 2.05) is 13.8 Å². The quantitative estimate of drug-likeness (QED) is 0.190. The van der Waals surface area contributed by atoms with Gasteiger partial charge in [-0.1, -0.05) is 6.07 Å². The summed E-state index contributed by atoms with van der Waals surface area (Å²) in [4.78, 5) is 51.5. The van der Waals surface area contributed by atoms with Crippen molar-refractivity contribution >= 4 is 40.4 Å². The largest absolute Gasteiger partial charge is 0.493 e. The van der Waals surface area contributed by atoms with E-state index in [1.165, 1.54) is 43.7 Å². The summed E-state index contributed by atoms with van der Waals surface area (Å²) < 4.78 is 16.8. The summed E-state index contributed by atoms with van der Waals surface area (Å²) >= 11 is 0. The Balaban J connectivity index is 1.33. The summed E-state index contributed by atoms with van der Waals surface area (Å²) in [5, 5.41) is 16.7. The number of hydrogen-bond acceptors (Lipinski definition) is 9. The molecule has 12 heteroatoms. The molecule has 0 spiro atoms. The van der Waals surface area contributed by atoms with Crippen molar-refractivity contribution in [1.82, 2.24) is 9.91 Å². The molecule has 12 nitrogen and oxygen atoms in total. The topological polar surface area (TPSA) is 141 Å². The van der Waals surface area contributed by atoms with E-state index in [2.05, 4.69) is 5.10 Å². The van der Waals surface area contributed by atoms with Gasteiger partial charge in [0.25, 0.3) is 23.4 Å². The average molecular weight is 547 g/mol. The summed E-state index contributed by atoms with van der Waals surface area (Å²) in [5.74, 6) is -0.889. The van der Waals surface area contributed by atoms with Crippen LogP contribution in [0.15, 0.2) is 53.6 Å². The van der Waals surface area contributed by atoms with Crippen LogP contribution in [0, 0.1) is 10.1 Å². The Hall–Kier alpha value is -4.84. The van der Waals surface area contributed by atoms with Gasteiger partial charge in [0, 0.05) is 24.5 Å². The van der Waals surface area contributed by atoms with Crippen molar-refractivity contribution in [1.29, 1.82) is 0 Å². The number of hydrogen-bond donors (Lipinski definition) is 0. The number of carbonyl (C=O) groups is 3. The van der Waals surface area contributed by atoms with Crippen molar-refractivity contribution in [3.8, 4) is 11.5 Å². The van der Waals surface area contributed by atoms with Gasteiger partial charge in [-0.15, -0.1) is 0 Å². The molecule has 0 aliphatic carbocycles. The lowest BCUT2D eigenvalue weighted by atomic mass is 9.94. The molecule has 2 unspecified atom stereocenters. The van der Waals surface area contributed by atoms with Gasteiger partial charge in [0.2, 0.25) is 0 Å². The van der Waals surface area contributed by atoms with Crippen LogP contribution in [0.1, 0.15) is 40.1 Å². The zero-order chi connectivity index (χ0) is 28.6. The van der Waals surface area contributed by atoms with Gasteiger partial charge in [-0.25, -0.2) is 0 Å². The van der Waals surface area contributed by atoms with Crippen LogP contribution in [0.5, 0.6) is 11.5 Å². The maximum Gasteiger partial charge on any atom is 0.282 e. The number of carbonyl (C=O) groups excluding carboxylic acids is 3. The Bertz CT molecular complexity index is 1540. The molecule has 206 valence electrons. The second-order valence-corrected chi connectivity index (χ2v) is 9.54. The van der Waals surface area contributed by atoms with E-state index in [4.69, 9.17) is 14.2 Å². The highest BCUT2D eigenvalue weighted by Gasteiger charge is 2.35. The van der Waals surface area contributed by atoms with Crippen LogP contribution in [0.2, 0.25) is 0 Å². The number of rotatable bonds is 7. The Labute approximate surface area is 228 Å². The second kappa shape index (κ2) is 10.7. The normalized spacial score (nSPS) is 18.9. The van der Waals surface area contributed by atoms with E-state index in [0.29, 0.717) is 30.2 Å². The number of nitro groups is 1. The van der Waals surface area contributed by atoms with Gasteiger partial charge in [-0.3, -0.25) is 24.5 Å². The van der Waals surface area contributed by atoms with Gasteiger partial charge in [-0.05, 0) is 55.8 Å².